The Hall–Kier alpha value is -2.06. The Kier molecular flexibility index (Phi) is 5.93. The number of carbonyl (C=O) groups is 2. The molecule has 0 aliphatic carbocycles. The number of nitrogens with one attached hydrogen (secondary N) is 1. The van der Waals surface area contributed by atoms with E-state index in [9.17, 15) is 9.59 Å². The fourth-order valence-electron chi connectivity index (χ4n) is 2.20. The molecule has 1 fully saturated rings. The summed E-state index contributed by atoms with van der Waals surface area (Å²) in [6, 6.07) is 17.5. The van der Waals surface area contributed by atoms with Crippen LogP contribution < -0.4 is 5.32 Å². The van der Waals surface area contributed by atoms with E-state index in [2.05, 4.69) is 27.9 Å². The summed E-state index contributed by atoms with van der Waals surface area (Å²) >= 11 is 3.19. The predicted octanol–water partition coefficient (Wildman–Crippen LogP) is 4.95. The first-order valence-corrected chi connectivity index (χ1v) is 9.49. The molecule has 6 heteroatoms. The fraction of sp³-hybridized carbons (Fsp3) is 0.0526. The molecule has 0 saturated carbocycles. The first-order valence-electron chi connectivity index (χ1n) is 7.60. The summed E-state index contributed by atoms with van der Waals surface area (Å²) < 4.78 is 1.13. The number of carbonyl (C=O) groups excluding carboxylic acids is 2. The summed E-state index contributed by atoms with van der Waals surface area (Å²) in [4.78, 5) is 26.1. The van der Waals surface area contributed by atoms with Gasteiger partial charge in [0, 0.05) is 9.26 Å². The molecule has 1 heterocycles. The summed E-state index contributed by atoms with van der Waals surface area (Å²) in [7, 11) is 0. The number of nitrogens with zero attached hydrogens (tertiary/aromatic N) is 1. The van der Waals surface area contributed by atoms with Gasteiger partial charge in [-0.2, -0.15) is 0 Å². The quantitative estimate of drug-likeness (QED) is 0.505. The normalized spacial score (nSPS) is 16.2. The fourth-order valence-corrected chi connectivity index (χ4v) is 3.35. The SMILES string of the molecule is O=C1S/C(=C\C=C\c2ccccc2)C(=O)N1CNc1ccc(I)cc1. The Morgan fingerprint density at radius 3 is 2.48 bits per heavy atom. The van der Waals surface area contributed by atoms with E-state index in [-0.39, 0.29) is 17.8 Å². The van der Waals surface area contributed by atoms with Crippen molar-refractivity contribution in [3.63, 3.8) is 0 Å². The minimum Gasteiger partial charge on any atom is -0.367 e. The van der Waals surface area contributed by atoms with E-state index in [0.29, 0.717) is 4.91 Å². The first kappa shape index (κ1) is 17.8. The molecule has 0 spiro atoms. The van der Waals surface area contributed by atoms with Crippen LogP contribution in [0.3, 0.4) is 0 Å². The zero-order valence-corrected chi connectivity index (χ0v) is 16.2. The number of allylic oxidation sites excluding steroid dienone is 2. The molecule has 1 aliphatic heterocycles. The van der Waals surface area contributed by atoms with Gasteiger partial charge in [0.05, 0.1) is 11.6 Å². The third kappa shape index (κ3) is 4.73. The van der Waals surface area contributed by atoms with Gasteiger partial charge in [-0.05, 0) is 70.3 Å². The van der Waals surface area contributed by atoms with Crippen LogP contribution in [0, 0.1) is 3.57 Å². The van der Waals surface area contributed by atoms with Crippen molar-refractivity contribution in [1.82, 2.24) is 4.90 Å². The second-order valence-electron chi connectivity index (χ2n) is 5.24. The van der Waals surface area contributed by atoms with Crippen LogP contribution in [0.2, 0.25) is 0 Å². The van der Waals surface area contributed by atoms with E-state index >= 15 is 0 Å². The lowest BCUT2D eigenvalue weighted by Crippen LogP contribution is -2.33. The van der Waals surface area contributed by atoms with Gasteiger partial charge < -0.3 is 5.32 Å². The number of halogens is 1. The highest BCUT2D eigenvalue weighted by atomic mass is 127. The lowest BCUT2D eigenvalue weighted by atomic mass is 10.2. The average molecular weight is 462 g/mol. The van der Waals surface area contributed by atoms with Crippen LogP contribution in [0.5, 0.6) is 0 Å². The molecule has 1 N–H and O–H groups in total. The van der Waals surface area contributed by atoms with Crippen molar-refractivity contribution >= 4 is 57.3 Å². The van der Waals surface area contributed by atoms with Gasteiger partial charge >= 0.3 is 0 Å². The topological polar surface area (TPSA) is 49.4 Å². The molecule has 2 amide bonds. The summed E-state index contributed by atoms with van der Waals surface area (Å²) in [6.07, 6.45) is 5.37. The van der Waals surface area contributed by atoms with Crippen molar-refractivity contribution in [3.05, 3.63) is 80.8 Å². The van der Waals surface area contributed by atoms with Crippen LogP contribution in [0.25, 0.3) is 6.08 Å². The van der Waals surface area contributed by atoms with Gasteiger partial charge in [-0.3, -0.25) is 14.5 Å². The largest absolute Gasteiger partial charge is 0.367 e. The van der Waals surface area contributed by atoms with Crippen molar-refractivity contribution in [1.29, 1.82) is 0 Å². The molecule has 1 saturated heterocycles. The third-order valence-electron chi connectivity index (χ3n) is 3.49. The monoisotopic (exact) mass is 462 g/mol. The molecule has 4 nitrogen and oxygen atoms in total. The number of amides is 2. The maximum Gasteiger partial charge on any atom is 0.295 e. The summed E-state index contributed by atoms with van der Waals surface area (Å²) in [5.41, 5.74) is 1.91. The Labute approximate surface area is 164 Å². The molecule has 1 aliphatic rings. The van der Waals surface area contributed by atoms with E-state index in [1.165, 1.54) is 4.90 Å². The smallest absolute Gasteiger partial charge is 0.295 e. The van der Waals surface area contributed by atoms with Crippen molar-refractivity contribution in [2.75, 3.05) is 12.0 Å². The van der Waals surface area contributed by atoms with E-state index < -0.39 is 0 Å². The lowest BCUT2D eigenvalue weighted by molar-refractivity contribution is -0.122. The standard InChI is InChI=1S/C19H15IN2O2S/c20-15-9-11-16(12-10-15)21-13-22-18(23)17(25-19(22)24)8-4-7-14-5-2-1-3-6-14/h1-12,21H,13H2/b7-4+,17-8-. The first-order chi connectivity index (χ1) is 12.1. The number of imide groups is 1. The minimum absolute atomic E-state index is 0.158. The number of anilines is 1. The Morgan fingerprint density at radius 1 is 1.04 bits per heavy atom. The highest BCUT2D eigenvalue weighted by Crippen LogP contribution is 2.30. The molecule has 2 aromatic carbocycles. The van der Waals surface area contributed by atoms with Crippen LogP contribution in [-0.4, -0.2) is 22.7 Å². The molecule has 126 valence electrons. The van der Waals surface area contributed by atoms with Crippen LogP contribution in [0.15, 0.2) is 71.7 Å². The molecule has 0 atom stereocenters. The van der Waals surface area contributed by atoms with Gasteiger partial charge in [0.15, 0.2) is 0 Å². The van der Waals surface area contributed by atoms with Crippen LogP contribution in [-0.2, 0) is 4.79 Å². The zero-order valence-electron chi connectivity index (χ0n) is 13.2. The number of hydrogen-bond acceptors (Lipinski definition) is 4. The summed E-state index contributed by atoms with van der Waals surface area (Å²) in [6.45, 7) is 0.158. The predicted molar refractivity (Wildman–Crippen MR) is 111 cm³/mol. The molecule has 0 unspecified atom stereocenters. The maximum atomic E-state index is 12.4. The van der Waals surface area contributed by atoms with Gasteiger partial charge in [0.25, 0.3) is 11.1 Å². The second-order valence-corrected chi connectivity index (χ2v) is 7.48. The molecule has 2 aromatic rings. The summed E-state index contributed by atoms with van der Waals surface area (Å²) in [5.74, 6) is -0.272. The van der Waals surface area contributed by atoms with Gasteiger partial charge in [-0.15, -0.1) is 0 Å². The van der Waals surface area contributed by atoms with Gasteiger partial charge in [0.1, 0.15) is 0 Å². The van der Waals surface area contributed by atoms with Crippen LogP contribution >= 0.6 is 34.4 Å². The number of thioether (sulfide) groups is 1. The molecule has 3 rings (SSSR count). The maximum absolute atomic E-state index is 12.4. The number of hydrogen-bond donors (Lipinski definition) is 1. The third-order valence-corrected chi connectivity index (χ3v) is 5.14. The van der Waals surface area contributed by atoms with Crippen molar-refractivity contribution in [2.45, 2.75) is 0 Å². The molecule has 0 radical (unpaired) electrons. The molecule has 25 heavy (non-hydrogen) atoms. The van der Waals surface area contributed by atoms with Crippen LogP contribution in [0.1, 0.15) is 5.56 Å². The Bertz CT molecular complexity index is 832. The summed E-state index contributed by atoms with van der Waals surface area (Å²) in [5, 5.41) is 2.84. The van der Waals surface area contributed by atoms with Crippen LogP contribution in [0.4, 0.5) is 10.5 Å². The van der Waals surface area contributed by atoms with Gasteiger partial charge in [-0.1, -0.05) is 42.5 Å². The van der Waals surface area contributed by atoms with E-state index in [1.54, 1.807) is 12.2 Å². The minimum atomic E-state index is -0.272. The van der Waals surface area contributed by atoms with Gasteiger partial charge in [-0.25, -0.2) is 0 Å². The Balaban J connectivity index is 1.62. The Morgan fingerprint density at radius 2 is 1.76 bits per heavy atom. The number of rotatable bonds is 5. The van der Waals surface area contributed by atoms with Crippen molar-refractivity contribution in [2.24, 2.45) is 0 Å². The van der Waals surface area contributed by atoms with Crippen molar-refractivity contribution < 1.29 is 9.59 Å². The number of benzene rings is 2. The van der Waals surface area contributed by atoms with E-state index in [0.717, 1.165) is 26.6 Å². The molecular weight excluding hydrogens is 447 g/mol. The zero-order chi connectivity index (χ0) is 17.6. The van der Waals surface area contributed by atoms with Crippen molar-refractivity contribution in [3.8, 4) is 0 Å². The van der Waals surface area contributed by atoms with Gasteiger partial charge in [0.2, 0.25) is 0 Å². The molecular formula is C19H15IN2O2S. The highest BCUT2D eigenvalue weighted by molar-refractivity contribution is 14.1. The van der Waals surface area contributed by atoms with E-state index in [4.69, 9.17) is 0 Å². The molecule has 0 aromatic heterocycles. The second kappa shape index (κ2) is 8.35. The van der Waals surface area contributed by atoms with E-state index in [1.807, 2.05) is 60.7 Å². The molecule has 0 bridgehead atoms. The average Bonchev–Trinajstić information content (AvgIpc) is 2.89. The lowest BCUT2D eigenvalue weighted by Gasteiger charge is -2.14. The highest BCUT2D eigenvalue weighted by Gasteiger charge is 2.34.